The maximum atomic E-state index is 13.8. The molecule has 1 aliphatic carbocycles. The molecule has 1 heterocycles. The molecule has 2 aliphatic rings. The minimum absolute atomic E-state index is 0.0597. The van der Waals surface area contributed by atoms with Crippen molar-refractivity contribution in [2.45, 2.75) is 31.6 Å². The van der Waals surface area contributed by atoms with E-state index in [9.17, 15) is 9.59 Å². The highest BCUT2D eigenvalue weighted by molar-refractivity contribution is 6.04. The summed E-state index contributed by atoms with van der Waals surface area (Å²) in [5.74, 6) is -0.0625. The number of nitrogens with one attached hydrogen (secondary N) is 1. The van der Waals surface area contributed by atoms with Crippen LogP contribution in [-0.4, -0.2) is 39.1 Å². The highest BCUT2D eigenvalue weighted by Gasteiger charge is 2.41. The van der Waals surface area contributed by atoms with E-state index in [1.54, 1.807) is 0 Å². The molecule has 0 aromatic heterocycles. The molecule has 6 heteroatoms. The number of esters is 1. The second-order valence-corrected chi connectivity index (χ2v) is 10.2. The Morgan fingerprint density at radius 3 is 2.21 bits per heavy atom. The molecule has 1 N–H and O–H groups in total. The Hall–Kier alpha value is -4.32. The van der Waals surface area contributed by atoms with E-state index < -0.39 is 11.9 Å². The van der Waals surface area contributed by atoms with E-state index in [1.165, 1.54) is 0 Å². The summed E-state index contributed by atoms with van der Waals surface area (Å²) in [6.07, 6.45) is 1.12. The standard InChI is InChI=1S/C33H34N2O4/c1-22-30(33(37)39-19-18-38-27-12-8-5-9-13-27)31(24-14-16-26(17-15-24)35(2)3)32-28(34-22)20-25(21-29(32)36)23-10-6-4-7-11-23/h4-17,25,31,34H,18-21H2,1-3H3. The second-order valence-electron chi connectivity index (χ2n) is 10.2. The fourth-order valence-electron chi connectivity index (χ4n) is 5.46. The highest BCUT2D eigenvalue weighted by Crippen LogP contribution is 2.45. The first kappa shape index (κ1) is 26.3. The number of allylic oxidation sites excluding steroid dienone is 3. The number of Topliss-reactive ketones (excluding diaryl/α,β-unsaturated/α-hetero) is 1. The summed E-state index contributed by atoms with van der Waals surface area (Å²) in [6.45, 7) is 2.23. The van der Waals surface area contributed by atoms with Crippen LogP contribution >= 0.6 is 0 Å². The van der Waals surface area contributed by atoms with E-state index in [2.05, 4.69) is 17.4 Å². The molecule has 200 valence electrons. The van der Waals surface area contributed by atoms with Crippen molar-refractivity contribution in [1.82, 2.24) is 5.32 Å². The number of para-hydroxylation sites is 1. The van der Waals surface area contributed by atoms with Crippen LogP contribution in [0.25, 0.3) is 0 Å². The predicted octanol–water partition coefficient (Wildman–Crippen LogP) is 5.74. The molecule has 0 saturated heterocycles. The molecule has 39 heavy (non-hydrogen) atoms. The van der Waals surface area contributed by atoms with Gasteiger partial charge < -0.3 is 19.7 Å². The Balaban J connectivity index is 1.43. The third-order valence-corrected chi connectivity index (χ3v) is 7.39. The Labute approximate surface area is 229 Å². The number of hydrogen-bond acceptors (Lipinski definition) is 6. The number of ether oxygens (including phenoxy) is 2. The first-order valence-electron chi connectivity index (χ1n) is 13.3. The van der Waals surface area contributed by atoms with Gasteiger partial charge in [-0.3, -0.25) is 4.79 Å². The average molecular weight is 523 g/mol. The van der Waals surface area contributed by atoms with Gasteiger partial charge in [0.2, 0.25) is 0 Å². The molecule has 0 spiro atoms. The fraction of sp³-hybridized carbons (Fsp3) is 0.273. The van der Waals surface area contributed by atoms with Gasteiger partial charge in [-0.15, -0.1) is 0 Å². The summed E-state index contributed by atoms with van der Waals surface area (Å²) in [4.78, 5) is 29.3. The first-order chi connectivity index (χ1) is 18.9. The quantitative estimate of drug-likeness (QED) is 0.301. The van der Waals surface area contributed by atoms with Crippen LogP contribution in [0.1, 0.15) is 42.7 Å². The summed E-state index contributed by atoms with van der Waals surface area (Å²) in [7, 11) is 3.97. The van der Waals surface area contributed by atoms with Crippen molar-refractivity contribution in [3.05, 3.63) is 119 Å². The molecule has 0 fully saturated rings. The van der Waals surface area contributed by atoms with Crippen molar-refractivity contribution in [3.8, 4) is 5.75 Å². The zero-order valence-electron chi connectivity index (χ0n) is 22.6. The minimum Gasteiger partial charge on any atom is -0.490 e. The van der Waals surface area contributed by atoms with Crippen molar-refractivity contribution in [1.29, 1.82) is 0 Å². The van der Waals surface area contributed by atoms with Crippen molar-refractivity contribution < 1.29 is 19.1 Å². The van der Waals surface area contributed by atoms with E-state index in [-0.39, 0.29) is 24.9 Å². The van der Waals surface area contributed by atoms with Gasteiger partial charge in [0, 0.05) is 49.1 Å². The third-order valence-electron chi connectivity index (χ3n) is 7.39. The van der Waals surface area contributed by atoms with Crippen LogP contribution in [0.4, 0.5) is 5.69 Å². The molecule has 2 unspecified atom stereocenters. The van der Waals surface area contributed by atoms with Crippen LogP contribution in [-0.2, 0) is 14.3 Å². The summed E-state index contributed by atoms with van der Waals surface area (Å²) >= 11 is 0. The number of rotatable bonds is 8. The lowest BCUT2D eigenvalue weighted by Crippen LogP contribution is -2.36. The Morgan fingerprint density at radius 1 is 0.872 bits per heavy atom. The van der Waals surface area contributed by atoms with Gasteiger partial charge in [-0.2, -0.15) is 0 Å². The monoisotopic (exact) mass is 522 g/mol. The van der Waals surface area contributed by atoms with Crippen molar-refractivity contribution in [2.24, 2.45) is 0 Å². The van der Waals surface area contributed by atoms with Crippen LogP contribution < -0.4 is 15.0 Å². The number of hydrogen-bond donors (Lipinski definition) is 1. The van der Waals surface area contributed by atoms with Gasteiger partial charge >= 0.3 is 5.97 Å². The normalized spacial score (nSPS) is 18.8. The minimum atomic E-state index is -0.496. The second kappa shape index (κ2) is 11.6. The molecule has 0 radical (unpaired) electrons. The maximum Gasteiger partial charge on any atom is 0.336 e. The predicted molar refractivity (Wildman–Crippen MR) is 153 cm³/mol. The van der Waals surface area contributed by atoms with Crippen molar-refractivity contribution in [2.75, 3.05) is 32.2 Å². The van der Waals surface area contributed by atoms with Crippen LogP contribution in [0, 0.1) is 0 Å². The number of carbonyl (C=O) groups excluding carboxylic acids is 2. The summed E-state index contributed by atoms with van der Waals surface area (Å²) in [5.41, 5.74) is 5.83. The van der Waals surface area contributed by atoms with E-state index in [4.69, 9.17) is 9.47 Å². The molecule has 5 rings (SSSR count). The molecule has 3 aromatic carbocycles. The van der Waals surface area contributed by atoms with Crippen molar-refractivity contribution >= 4 is 17.4 Å². The lowest BCUT2D eigenvalue weighted by Gasteiger charge is -2.36. The fourth-order valence-corrected chi connectivity index (χ4v) is 5.46. The molecule has 1 aliphatic heterocycles. The third kappa shape index (κ3) is 5.75. The summed E-state index contributed by atoms with van der Waals surface area (Å²) in [6, 6.07) is 27.6. The molecule has 6 nitrogen and oxygen atoms in total. The summed E-state index contributed by atoms with van der Waals surface area (Å²) < 4.78 is 11.4. The molecule has 0 amide bonds. The van der Waals surface area contributed by atoms with E-state index >= 15 is 0 Å². The Morgan fingerprint density at radius 2 is 1.54 bits per heavy atom. The molecular formula is C33H34N2O4. The van der Waals surface area contributed by atoms with Crippen LogP contribution in [0.3, 0.4) is 0 Å². The van der Waals surface area contributed by atoms with E-state index in [1.807, 2.05) is 98.7 Å². The maximum absolute atomic E-state index is 13.8. The SMILES string of the molecule is CC1=C(C(=O)OCCOc2ccccc2)C(c2ccc(N(C)C)cc2)C2=C(CC(c3ccccc3)CC2=O)N1. The lowest BCUT2D eigenvalue weighted by molar-refractivity contribution is -0.140. The van der Waals surface area contributed by atoms with Gasteiger partial charge in [0.25, 0.3) is 0 Å². The van der Waals surface area contributed by atoms with Gasteiger partial charge in [0.1, 0.15) is 19.0 Å². The van der Waals surface area contributed by atoms with Gasteiger partial charge in [-0.1, -0.05) is 60.7 Å². The molecule has 0 saturated carbocycles. The molecule has 0 bridgehead atoms. The smallest absolute Gasteiger partial charge is 0.336 e. The summed E-state index contributed by atoms with van der Waals surface area (Å²) in [5, 5.41) is 3.42. The van der Waals surface area contributed by atoms with Gasteiger partial charge in [-0.05, 0) is 54.7 Å². The number of nitrogens with zero attached hydrogens (tertiary/aromatic N) is 1. The Bertz CT molecular complexity index is 1390. The zero-order valence-corrected chi connectivity index (χ0v) is 22.6. The first-order valence-corrected chi connectivity index (χ1v) is 13.3. The number of anilines is 1. The topological polar surface area (TPSA) is 67.9 Å². The highest BCUT2D eigenvalue weighted by atomic mass is 16.6. The molecule has 3 aromatic rings. The van der Waals surface area contributed by atoms with Gasteiger partial charge in [0.05, 0.1) is 5.57 Å². The van der Waals surface area contributed by atoms with Crippen molar-refractivity contribution in [3.63, 3.8) is 0 Å². The number of ketones is 1. The van der Waals surface area contributed by atoms with Crippen LogP contribution in [0.5, 0.6) is 5.75 Å². The van der Waals surface area contributed by atoms with E-state index in [0.717, 1.165) is 28.3 Å². The van der Waals surface area contributed by atoms with E-state index in [0.29, 0.717) is 29.7 Å². The number of carbonyl (C=O) groups is 2. The van der Waals surface area contributed by atoms with Crippen LogP contribution in [0.15, 0.2) is 107 Å². The zero-order chi connectivity index (χ0) is 27.4. The molecule has 2 atom stereocenters. The lowest BCUT2D eigenvalue weighted by atomic mass is 9.71. The number of dihydropyridines is 1. The molecular weight excluding hydrogens is 488 g/mol. The largest absolute Gasteiger partial charge is 0.490 e. The van der Waals surface area contributed by atoms with Gasteiger partial charge in [0.15, 0.2) is 5.78 Å². The Kier molecular flexibility index (Phi) is 7.82. The van der Waals surface area contributed by atoms with Gasteiger partial charge in [-0.25, -0.2) is 4.79 Å². The average Bonchev–Trinajstić information content (AvgIpc) is 2.95. The number of benzene rings is 3. The van der Waals surface area contributed by atoms with Crippen LogP contribution in [0.2, 0.25) is 0 Å².